The average molecular weight is 219 g/mol. The number of anilines is 1. The predicted molar refractivity (Wildman–Crippen MR) is 60.0 cm³/mol. The minimum absolute atomic E-state index is 0.227. The third-order valence-electron chi connectivity index (χ3n) is 2.45. The van der Waals surface area contributed by atoms with Crippen molar-refractivity contribution in [2.45, 2.75) is 13.5 Å². The van der Waals surface area contributed by atoms with Crippen LogP contribution >= 0.6 is 0 Å². The summed E-state index contributed by atoms with van der Waals surface area (Å²) in [5.41, 5.74) is 8.21. The molecule has 2 N–H and O–H groups in total. The van der Waals surface area contributed by atoms with Crippen LogP contribution in [-0.4, -0.2) is 19.8 Å². The van der Waals surface area contributed by atoms with Crippen LogP contribution in [-0.2, 0) is 13.6 Å². The number of aromatic nitrogens is 4. The molecule has 1 aromatic carbocycles. The zero-order chi connectivity index (χ0) is 11.7. The maximum Gasteiger partial charge on any atom is 0.363 e. The Kier molecular flexibility index (Phi) is 2.47. The van der Waals surface area contributed by atoms with Gasteiger partial charge in [0.25, 0.3) is 0 Å². The molecule has 0 amide bonds. The van der Waals surface area contributed by atoms with Crippen molar-refractivity contribution in [3.05, 3.63) is 39.8 Å². The highest BCUT2D eigenvalue weighted by molar-refractivity contribution is 5.47. The number of nitrogen functional groups attached to an aromatic ring is 1. The van der Waals surface area contributed by atoms with E-state index in [1.54, 1.807) is 7.05 Å². The number of aryl methyl sites for hydroxylation is 2. The predicted octanol–water partition coefficient (Wildman–Crippen LogP) is -0.0843. The normalized spacial score (nSPS) is 10.6. The Bertz CT molecular complexity index is 569. The molecule has 2 rings (SSSR count). The highest BCUT2D eigenvalue weighted by atomic mass is 16.2. The monoisotopic (exact) mass is 219 g/mol. The molecule has 2 aromatic rings. The highest BCUT2D eigenvalue weighted by Gasteiger charge is 2.04. The molecule has 6 heteroatoms. The first-order chi connectivity index (χ1) is 7.58. The topological polar surface area (TPSA) is 78.7 Å². The van der Waals surface area contributed by atoms with Gasteiger partial charge in [0.1, 0.15) is 0 Å². The summed E-state index contributed by atoms with van der Waals surface area (Å²) in [6.45, 7) is 2.34. The molecule has 0 bridgehead atoms. The van der Waals surface area contributed by atoms with Crippen molar-refractivity contribution in [3.63, 3.8) is 0 Å². The van der Waals surface area contributed by atoms with E-state index in [4.69, 9.17) is 5.73 Å². The molecule has 0 spiro atoms. The van der Waals surface area contributed by atoms with Crippen LogP contribution in [0.4, 0.5) is 5.69 Å². The minimum Gasteiger partial charge on any atom is -0.399 e. The molecule has 0 saturated carbocycles. The number of hydrogen-bond acceptors (Lipinski definition) is 4. The largest absolute Gasteiger partial charge is 0.399 e. The summed E-state index contributed by atoms with van der Waals surface area (Å²) in [5.74, 6) is 0. The first-order valence-electron chi connectivity index (χ1n) is 4.90. The molecule has 0 fully saturated rings. The van der Waals surface area contributed by atoms with Crippen LogP contribution in [0, 0.1) is 6.92 Å². The van der Waals surface area contributed by atoms with E-state index < -0.39 is 0 Å². The van der Waals surface area contributed by atoms with Crippen molar-refractivity contribution in [1.29, 1.82) is 0 Å². The van der Waals surface area contributed by atoms with Gasteiger partial charge in [0.15, 0.2) is 0 Å². The Labute approximate surface area is 92.3 Å². The van der Waals surface area contributed by atoms with E-state index in [1.807, 2.05) is 25.1 Å². The van der Waals surface area contributed by atoms with E-state index in [-0.39, 0.29) is 5.69 Å². The van der Waals surface area contributed by atoms with Crippen LogP contribution in [0.2, 0.25) is 0 Å². The zero-order valence-corrected chi connectivity index (χ0v) is 9.21. The summed E-state index contributed by atoms with van der Waals surface area (Å²) in [7, 11) is 1.57. The van der Waals surface area contributed by atoms with E-state index in [0.717, 1.165) is 16.8 Å². The zero-order valence-electron chi connectivity index (χ0n) is 9.21. The Morgan fingerprint density at radius 2 is 2.12 bits per heavy atom. The van der Waals surface area contributed by atoms with Crippen LogP contribution in [0.1, 0.15) is 11.1 Å². The van der Waals surface area contributed by atoms with E-state index in [2.05, 4.69) is 10.4 Å². The van der Waals surface area contributed by atoms with Crippen molar-refractivity contribution in [2.24, 2.45) is 7.05 Å². The van der Waals surface area contributed by atoms with Crippen LogP contribution in [0.25, 0.3) is 0 Å². The molecule has 0 aliphatic rings. The second-order valence-corrected chi connectivity index (χ2v) is 3.73. The van der Waals surface area contributed by atoms with Gasteiger partial charge in [0.05, 0.1) is 6.54 Å². The summed E-state index contributed by atoms with van der Waals surface area (Å²) in [6, 6.07) is 5.64. The third kappa shape index (κ3) is 1.81. The fraction of sp³-hybridized carbons (Fsp3) is 0.300. The molecular formula is C10H13N5O. The van der Waals surface area contributed by atoms with E-state index in [0.29, 0.717) is 6.54 Å². The van der Waals surface area contributed by atoms with Gasteiger partial charge in [-0.05, 0) is 34.5 Å². The summed E-state index contributed by atoms with van der Waals surface area (Å²) in [6.07, 6.45) is 0. The lowest BCUT2D eigenvalue weighted by Crippen LogP contribution is -2.23. The van der Waals surface area contributed by atoms with Gasteiger partial charge in [-0.25, -0.2) is 4.79 Å². The molecule has 0 aliphatic heterocycles. The third-order valence-corrected chi connectivity index (χ3v) is 2.45. The molecular weight excluding hydrogens is 206 g/mol. The second-order valence-electron chi connectivity index (χ2n) is 3.73. The molecule has 16 heavy (non-hydrogen) atoms. The number of nitrogens with zero attached hydrogens (tertiary/aromatic N) is 4. The van der Waals surface area contributed by atoms with E-state index >= 15 is 0 Å². The van der Waals surface area contributed by atoms with Gasteiger partial charge in [-0.15, -0.1) is 0 Å². The number of nitrogens with two attached hydrogens (primary N) is 1. The van der Waals surface area contributed by atoms with Crippen LogP contribution in [0.15, 0.2) is 23.0 Å². The second kappa shape index (κ2) is 3.80. The summed E-state index contributed by atoms with van der Waals surface area (Å²) < 4.78 is 2.51. The molecule has 0 unspecified atom stereocenters. The fourth-order valence-corrected chi connectivity index (χ4v) is 1.46. The lowest BCUT2D eigenvalue weighted by Gasteiger charge is -2.03. The van der Waals surface area contributed by atoms with Crippen LogP contribution in [0.5, 0.6) is 0 Å². The minimum atomic E-state index is -0.227. The molecule has 0 radical (unpaired) electrons. The van der Waals surface area contributed by atoms with Crippen LogP contribution in [0.3, 0.4) is 0 Å². The number of tetrazole rings is 1. The SMILES string of the molecule is Cc1cc(Cn2nnn(C)c2=O)ccc1N. The first kappa shape index (κ1) is 10.4. The molecule has 84 valence electrons. The van der Waals surface area contributed by atoms with Gasteiger partial charge >= 0.3 is 5.69 Å². The quantitative estimate of drug-likeness (QED) is 0.716. The van der Waals surface area contributed by atoms with Crippen molar-refractivity contribution in [1.82, 2.24) is 19.8 Å². The summed E-state index contributed by atoms with van der Waals surface area (Å²) in [4.78, 5) is 11.5. The van der Waals surface area contributed by atoms with Crippen molar-refractivity contribution in [3.8, 4) is 0 Å². The fourth-order valence-electron chi connectivity index (χ4n) is 1.46. The lowest BCUT2D eigenvalue weighted by molar-refractivity contribution is 0.631. The number of benzene rings is 1. The molecule has 1 aromatic heterocycles. The standard InChI is InChI=1S/C10H13N5O/c1-7-5-8(3-4-9(7)11)6-15-10(16)14(2)12-13-15/h3-5H,6,11H2,1-2H3. The van der Waals surface area contributed by atoms with Crippen molar-refractivity contribution < 1.29 is 0 Å². The number of rotatable bonds is 2. The molecule has 6 nitrogen and oxygen atoms in total. The Morgan fingerprint density at radius 3 is 2.69 bits per heavy atom. The summed E-state index contributed by atoms with van der Waals surface area (Å²) in [5, 5.41) is 7.39. The Balaban J connectivity index is 2.31. The van der Waals surface area contributed by atoms with Gasteiger partial charge < -0.3 is 5.73 Å². The molecule has 0 saturated heterocycles. The maximum atomic E-state index is 11.5. The van der Waals surface area contributed by atoms with Gasteiger partial charge in [-0.3, -0.25) is 0 Å². The van der Waals surface area contributed by atoms with E-state index in [9.17, 15) is 4.79 Å². The van der Waals surface area contributed by atoms with Crippen LogP contribution < -0.4 is 11.4 Å². The Hall–Kier alpha value is -2.11. The van der Waals surface area contributed by atoms with Crippen molar-refractivity contribution >= 4 is 5.69 Å². The average Bonchev–Trinajstić information content (AvgIpc) is 2.55. The first-order valence-corrected chi connectivity index (χ1v) is 4.90. The van der Waals surface area contributed by atoms with Gasteiger partial charge in [-0.1, -0.05) is 12.1 Å². The molecule has 1 heterocycles. The smallest absolute Gasteiger partial charge is 0.363 e. The van der Waals surface area contributed by atoms with Gasteiger partial charge in [-0.2, -0.15) is 9.36 Å². The molecule has 0 atom stereocenters. The lowest BCUT2D eigenvalue weighted by atomic mass is 10.1. The Morgan fingerprint density at radius 1 is 1.38 bits per heavy atom. The van der Waals surface area contributed by atoms with Crippen molar-refractivity contribution in [2.75, 3.05) is 5.73 Å². The summed E-state index contributed by atoms with van der Waals surface area (Å²) >= 11 is 0. The van der Waals surface area contributed by atoms with Gasteiger partial charge in [0.2, 0.25) is 0 Å². The highest BCUT2D eigenvalue weighted by Crippen LogP contribution is 2.12. The van der Waals surface area contributed by atoms with Gasteiger partial charge in [0, 0.05) is 12.7 Å². The maximum absolute atomic E-state index is 11.5. The number of hydrogen-bond donors (Lipinski definition) is 1. The molecule has 0 aliphatic carbocycles. The van der Waals surface area contributed by atoms with E-state index in [1.165, 1.54) is 9.36 Å².